The van der Waals surface area contributed by atoms with Crippen LogP contribution in [0.3, 0.4) is 0 Å². The Morgan fingerprint density at radius 2 is 1.48 bits per heavy atom. The van der Waals surface area contributed by atoms with Crippen LogP contribution in [-0.4, -0.2) is 50.0 Å². The smallest absolute Gasteiger partial charge is 0.243 e. The van der Waals surface area contributed by atoms with Crippen molar-refractivity contribution in [3.8, 4) is 0 Å². The molecule has 0 aromatic heterocycles. The molecular weight excluding hydrogens is 546 g/mol. The third kappa shape index (κ3) is 9.72. The van der Waals surface area contributed by atoms with Crippen molar-refractivity contribution in [3.05, 3.63) is 101 Å². The molecule has 2 amide bonds. The molecule has 0 saturated carbocycles. The van der Waals surface area contributed by atoms with E-state index in [1.54, 1.807) is 17.0 Å². The maximum atomic E-state index is 13.9. The van der Waals surface area contributed by atoms with Gasteiger partial charge in [-0.2, -0.15) is 0 Å². The first kappa shape index (κ1) is 32.9. The predicted octanol–water partition coefficient (Wildman–Crippen LogP) is 5.66. The number of amides is 2. The van der Waals surface area contributed by atoms with E-state index in [1.165, 1.54) is 10.6 Å². The summed E-state index contributed by atoms with van der Waals surface area (Å²) in [6.07, 6.45) is 3.61. The lowest BCUT2D eigenvalue weighted by Gasteiger charge is -2.32. The fourth-order valence-electron chi connectivity index (χ4n) is 4.79. The molecule has 3 rings (SSSR count). The lowest BCUT2D eigenvalue weighted by atomic mass is 10.0. The van der Waals surface area contributed by atoms with Crippen molar-refractivity contribution >= 4 is 27.5 Å². The molecule has 7 nitrogen and oxygen atoms in total. The Balaban J connectivity index is 1.87. The van der Waals surface area contributed by atoms with E-state index in [4.69, 9.17) is 0 Å². The highest BCUT2D eigenvalue weighted by atomic mass is 32.2. The highest BCUT2D eigenvalue weighted by molar-refractivity contribution is 7.92. The van der Waals surface area contributed by atoms with E-state index in [2.05, 4.69) is 5.32 Å². The normalized spacial score (nSPS) is 12.8. The van der Waals surface area contributed by atoms with Gasteiger partial charge in [0.1, 0.15) is 6.04 Å². The van der Waals surface area contributed by atoms with Gasteiger partial charge in [-0.25, -0.2) is 8.42 Å². The number of nitrogens with zero attached hydrogens (tertiary/aromatic N) is 2. The number of sulfonamides is 1. The average Bonchev–Trinajstić information content (AvgIpc) is 2.97. The van der Waals surface area contributed by atoms with Crippen molar-refractivity contribution in [2.75, 3.05) is 17.1 Å². The Kier molecular flexibility index (Phi) is 12.2. The maximum Gasteiger partial charge on any atom is 0.243 e. The van der Waals surface area contributed by atoms with Crippen LogP contribution in [0.25, 0.3) is 0 Å². The number of carbonyl (C=O) groups is 2. The molecule has 3 aromatic rings. The number of hydrogen-bond donors (Lipinski definition) is 1. The van der Waals surface area contributed by atoms with Crippen molar-refractivity contribution in [1.29, 1.82) is 0 Å². The first-order valence-electron chi connectivity index (χ1n) is 14.8. The number of aryl methyl sites for hydroxylation is 2. The SMILES string of the molecule is CCc1ccc(N(CCCC(=O)N(Cc2ccc(C)cc2)[C@@H](Cc2ccccc2)C(=O)N[C@H](C)CC)S(C)(=O)=O)cc1. The van der Waals surface area contributed by atoms with E-state index in [0.29, 0.717) is 18.5 Å². The Labute approximate surface area is 252 Å². The van der Waals surface area contributed by atoms with Crippen LogP contribution in [0.4, 0.5) is 5.69 Å². The second-order valence-corrected chi connectivity index (χ2v) is 12.9. The topological polar surface area (TPSA) is 86.8 Å². The van der Waals surface area contributed by atoms with Crippen LogP contribution in [0, 0.1) is 6.92 Å². The van der Waals surface area contributed by atoms with Crippen molar-refractivity contribution in [1.82, 2.24) is 10.2 Å². The minimum absolute atomic E-state index is 0.0329. The second-order valence-electron chi connectivity index (χ2n) is 11.0. The number of carbonyl (C=O) groups excluding carboxylic acids is 2. The van der Waals surface area contributed by atoms with Crippen molar-refractivity contribution in [2.45, 2.75) is 78.4 Å². The second kappa shape index (κ2) is 15.5. The van der Waals surface area contributed by atoms with Gasteiger partial charge in [0, 0.05) is 32.0 Å². The van der Waals surface area contributed by atoms with Gasteiger partial charge in [-0.1, -0.05) is 86.1 Å². The third-order valence-corrected chi connectivity index (χ3v) is 8.72. The number of hydrogen-bond acceptors (Lipinski definition) is 4. The van der Waals surface area contributed by atoms with Crippen LogP contribution in [0.1, 0.15) is 62.3 Å². The summed E-state index contributed by atoms with van der Waals surface area (Å²) in [5, 5.41) is 3.08. The number of nitrogens with one attached hydrogen (secondary N) is 1. The molecule has 0 spiro atoms. The molecular formula is C34H45N3O4S. The molecule has 0 heterocycles. The maximum absolute atomic E-state index is 13.9. The summed E-state index contributed by atoms with van der Waals surface area (Å²) in [7, 11) is -3.55. The summed E-state index contributed by atoms with van der Waals surface area (Å²) in [6, 6.07) is 24.4. The summed E-state index contributed by atoms with van der Waals surface area (Å²) >= 11 is 0. The van der Waals surface area contributed by atoms with Crippen LogP contribution in [0.15, 0.2) is 78.9 Å². The largest absolute Gasteiger partial charge is 0.352 e. The van der Waals surface area contributed by atoms with E-state index in [0.717, 1.165) is 35.1 Å². The van der Waals surface area contributed by atoms with E-state index >= 15 is 0 Å². The first-order chi connectivity index (χ1) is 20.0. The van der Waals surface area contributed by atoms with Gasteiger partial charge in [-0.05, 0) is 61.9 Å². The van der Waals surface area contributed by atoms with Gasteiger partial charge in [-0.15, -0.1) is 0 Å². The average molecular weight is 592 g/mol. The molecule has 2 atom stereocenters. The molecule has 8 heteroatoms. The molecule has 0 fully saturated rings. The van der Waals surface area contributed by atoms with E-state index in [1.807, 2.05) is 94.4 Å². The molecule has 0 aliphatic heterocycles. The van der Waals surface area contributed by atoms with Gasteiger partial charge < -0.3 is 10.2 Å². The number of rotatable bonds is 15. The molecule has 42 heavy (non-hydrogen) atoms. The van der Waals surface area contributed by atoms with Gasteiger partial charge in [0.05, 0.1) is 11.9 Å². The molecule has 0 radical (unpaired) electrons. The summed E-state index contributed by atoms with van der Waals surface area (Å²) in [5.74, 6) is -0.381. The van der Waals surface area contributed by atoms with Crippen LogP contribution >= 0.6 is 0 Å². The van der Waals surface area contributed by atoms with Crippen LogP contribution < -0.4 is 9.62 Å². The summed E-state index contributed by atoms with van der Waals surface area (Å²) in [4.78, 5) is 29.3. The predicted molar refractivity (Wildman–Crippen MR) is 171 cm³/mol. The third-order valence-electron chi connectivity index (χ3n) is 7.53. The lowest BCUT2D eigenvalue weighted by Crippen LogP contribution is -2.52. The van der Waals surface area contributed by atoms with E-state index in [-0.39, 0.29) is 37.4 Å². The van der Waals surface area contributed by atoms with Gasteiger partial charge in [0.25, 0.3) is 0 Å². The number of benzene rings is 3. The monoisotopic (exact) mass is 591 g/mol. The fourth-order valence-corrected chi connectivity index (χ4v) is 5.75. The standard InChI is InChI=1S/C34H45N3O4S/c1-6-27(4)35-34(39)32(24-29-12-9-8-10-13-29)36(25-30-17-15-26(3)16-18-30)33(38)14-11-23-37(42(5,40)41)31-21-19-28(7-2)20-22-31/h8-10,12-13,15-22,27,32H,6-7,11,14,23-25H2,1-5H3,(H,35,39)/t27-,32+/m1/s1. The van der Waals surface area contributed by atoms with Crippen LogP contribution in [0.5, 0.6) is 0 Å². The molecule has 0 saturated heterocycles. The highest BCUT2D eigenvalue weighted by Crippen LogP contribution is 2.21. The van der Waals surface area contributed by atoms with Gasteiger partial charge in [0.2, 0.25) is 21.8 Å². The van der Waals surface area contributed by atoms with Crippen LogP contribution in [0.2, 0.25) is 0 Å². The Bertz CT molecular complexity index is 1390. The molecule has 226 valence electrons. The molecule has 1 N–H and O–H groups in total. The molecule has 0 bridgehead atoms. The van der Waals surface area contributed by atoms with Gasteiger partial charge in [0.15, 0.2) is 0 Å². The zero-order valence-corrected chi connectivity index (χ0v) is 26.4. The Morgan fingerprint density at radius 1 is 0.857 bits per heavy atom. The minimum atomic E-state index is -3.55. The van der Waals surface area contributed by atoms with Crippen molar-refractivity contribution in [3.63, 3.8) is 0 Å². The number of anilines is 1. The summed E-state index contributed by atoms with van der Waals surface area (Å²) < 4.78 is 26.7. The highest BCUT2D eigenvalue weighted by Gasteiger charge is 2.31. The zero-order valence-electron chi connectivity index (χ0n) is 25.5. The minimum Gasteiger partial charge on any atom is -0.352 e. The van der Waals surface area contributed by atoms with E-state index < -0.39 is 16.1 Å². The van der Waals surface area contributed by atoms with Crippen molar-refractivity contribution in [2.24, 2.45) is 0 Å². The molecule has 0 aliphatic rings. The quantitative estimate of drug-likeness (QED) is 0.247. The Hall–Kier alpha value is -3.65. The molecule has 3 aromatic carbocycles. The Morgan fingerprint density at radius 3 is 2.05 bits per heavy atom. The van der Waals surface area contributed by atoms with Gasteiger partial charge >= 0.3 is 0 Å². The summed E-state index contributed by atoms with van der Waals surface area (Å²) in [6.45, 7) is 8.46. The summed E-state index contributed by atoms with van der Waals surface area (Å²) in [5.41, 5.74) is 4.70. The van der Waals surface area contributed by atoms with Crippen molar-refractivity contribution < 1.29 is 18.0 Å². The van der Waals surface area contributed by atoms with Gasteiger partial charge in [-0.3, -0.25) is 13.9 Å². The molecule has 0 aliphatic carbocycles. The fraction of sp³-hybridized carbons (Fsp3) is 0.412. The zero-order chi connectivity index (χ0) is 30.7. The van der Waals surface area contributed by atoms with Crippen LogP contribution in [-0.2, 0) is 39.0 Å². The lowest BCUT2D eigenvalue weighted by molar-refractivity contribution is -0.141. The molecule has 0 unspecified atom stereocenters. The first-order valence-corrected chi connectivity index (χ1v) is 16.6. The van der Waals surface area contributed by atoms with E-state index in [9.17, 15) is 18.0 Å².